The normalized spacial score (nSPS) is 10.7. The lowest BCUT2D eigenvalue weighted by Crippen LogP contribution is -2.34. The molecule has 152 valence electrons. The van der Waals surface area contributed by atoms with Gasteiger partial charge < -0.3 is 10.6 Å². The molecule has 0 fully saturated rings. The van der Waals surface area contributed by atoms with Gasteiger partial charge in [-0.25, -0.2) is 18.3 Å². The molecule has 3 N–H and O–H groups in total. The van der Waals surface area contributed by atoms with Crippen molar-refractivity contribution in [1.82, 2.24) is 30.6 Å². The van der Waals surface area contributed by atoms with E-state index in [0.29, 0.717) is 12.1 Å². The van der Waals surface area contributed by atoms with E-state index >= 15 is 0 Å². The number of halogens is 2. The molecule has 0 atom stereocenters. The van der Waals surface area contributed by atoms with Gasteiger partial charge in [-0.3, -0.25) is 5.10 Å². The molecule has 2 aromatic heterocycles. The van der Waals surface area contributed by atoms with E-state index in [1.807, 2.05) is 30.3 Å². The lowest BCUT2D eigenvalue weighted by molar-refractivity contribution is 0.240. The van der Waals surface area contributed by atoms with Crippen molar-refractivity contribution in [3.63, 3.8) is 0 Å². The van der Waals surface area contributed by atoms with Crippen LogP contribution in [0.4, 0.5) is 13.6 Å². The van der Waals surface area contributed by atoms with Gasteiger partial charge in [0.2, 0.25) is 0 Å². The fourth-order valence-electron chi connectivity index (χ4n) is 2.90. The third-order valence-electron chi connectivity index (χ3n) is 4.46. The Kier molecular flexibility index (Phi) is 5.51. The first-order chi connectivity index (χ1) is 14.6. The summed E-state index contributed by atoms with van der Waals surface area (Å²) in [4.78, 5) is 12.0. The van der Waals surface area contributed by atoms with E-state index in [0.717, 1.165) is 29.0 Å². The second-order valence-electron chi connectivity index (χ2n) is 6.59. The number of benzene rings is 2. The summed E-state index contributed by atoms with van der Waals surface area (Å²) in [5.41, 5.74) is 3.69. The Balaban J connectivity index is 1.27. The van der Waals surface area contributed by atoms with E-state index in [1.165, 1.54) is 16.9 Å². The SMILES string of the molecule is O=C(NCc1ccc(-c2ccn[nH]2)cc1)NCc1cnn(-c2ccc(F)cc2F)c1. The number of H-pyrrole nitrogens is 1. The van der Waals surface area contributed by atoms with Crippen molar-refractivity contribution in [3.05, 3.63) is 89.9 Å². The minimum atomic E-state index is -0.714. The molecule has 0 bridgehead atoms. The maximum atomic E-state index is 13.8. The molecule has 0 unspecified atom stereocenters. The first-order valence-electron chi connectivity index (χ1n) is 9.18. The highest BCUT2D eigenvalue weighted by molar-refractivity contribution is 5.73. The summed E-state index contributed by atoms with van der Waals surface area (Å²) in [7, 11) is 0. The zero-order valence-electron chi connectivity index (χ0n) is 15.8. The van der Waals surface area contributed by atoms with Gasteiger partial charge in [0, 0.05) is 37.1 Å². The van der Waals surface area contributed by atoms with Gasteiger partial charge in [0.05, 0.1) is 11.9 Å². The molecule has 0 aliphatic carbocycles. The highest BCUT2D eigenvalue weighted by Crippen LogP contribution is 2.17. The number of nitrogens with one attached hydrogen (secondary N) is 3. The molecule has 0 saturated heterocycles. The molecule has 0 radical (unpaired) electrons. The molecule has 2 amide bonds. The predicted octanol–water partition coefficient (Wildman–Crippen LogP) is 3.54. The largest absolute Gasteiger partial charge is 0.334 e. The minimum absolute atomic E-state index is 0.130. The number of amides is 2. The van der Waals surface area contributed by atoms with Crippen LogP contribution in [0.5, 0.6) is 0 Å². The quantitative estimate of drug-likeness (QED) is 0.456. The van der Waals surface area contributed by atoms with E-state index in [2.05, 4.69) is 25.9 Å². The number of hydrogen-bond acceptors (Lipinski definition) is 3. The van der Waals surface area contributed by atoms with E-state index in [4.69, 9.17) is 0 Å². The molecule has 4 aromatic rings. The summed E-state index contributed by atoms with van der Waals surface area (Å²) in [6, 6.07) is 12.6. The number of rotatable bonds is 6. The number of carbonyl (C=O) groups excluding carboxylic acids is 1. The third-order valence-corrected chi connectivity index (χ3v) is 4.46. The zero-order chi connectivity index (χ0) is 20.9. The second-order valence-corrected chi connectivity index (χ2v) is 6.59. The second kappa shape index (κ2) is 8.56. The number of carbonyl (C=O) groups is 1. The topological polar surface area (TPSA) is 87.6 Å². The van der Waals surface area contributed by atoms with Crippen molar-refractivity contribution in [3.8, 4) is 16.9 Å². The van der Waals surface area contributed by atoms with Crippen LogP contribution in [-0.4, -0.2) is 26.0 Å². The number of aromatic amines is 1. The number of hydrogen-bond donors (Lipinski definition) is 3. The Bertz CT molecular complexity index is 1140. The fraction of sp³-hybridized carbons (Fsp3) is 0.0952. The minimum Gasteiger partial charge on any atom is -0.334 e. The maximum absolute atomic E-state index is 13.8. The smallest absolute Gasteiger partial charge is 0.315 e. The van der Waals surface area contributed by atoms with Gasteiger partial charge in [0.1, 0.15) is 11.5 Å². The van der Waals surface area contributed by atoms with Crippen molar-refractivity contribution in [1.29, 1.82) is 0 Å². The van der Waals surface area contributed by atoms with Crippen molar-refractivity contribution < 1.29 is 13.6 Å². The summed E-state index contributed by atoms with van der Waals surface area (Å²) >= 11 is 0. The van der Waals surface area contributed by atoms with Crippen LogP contribution < -0.4 is 10.6 Å². The van der Waals surface area contributed by atoms with Gasteiger partial charge in [-0.2, -0.15) is 10.2 Å². The maximum Gasteiger partial charge on any atom is 0.315 e. The van der Waals surface area contributed by atoms with E-state index < -0.39 is 11.6 Å². The Morgan fingerprint density at radius 3 is 2.47 bits per heavy atom. The van der Waals surface area contributed by atoms with Crippen LogP contribution in [0.25, 0.3) is 16.9 Å². The summed E-state index contributed by atoms with van der Waals surface area (Å²) in [5.74, 6) is -1.37. The third kappa shape index (κ3) is 4.52. The number of nitrogens with zero attached hydrogens (tertiary/aromatic N) is 3. The van der Waals surface area contributed by atoms with Crippen molar-refractivity contribution in [2.24, 2.45) is 0 Å². The molecule has 9 heteroatoms. The first-order valence-corrected chi connectivity index (χ1v) is 9.18. The Morgan fingerprint density at radius 2 is 1.77 bits per heavy atom. The van der Waals surface area contributed by atoms with Crippen LogP contribution in [0.15, 0.2) is 67.1 Å². The highest BCUT2D eigenvalue weighted by atomic mass is 19.1. The van der Waals surface area contributed by atoms with Crippen LogP contribution >= 0.6 is 0 Å². The van der Waals surface area contributed by atoms with E-state index in [9.17, 15) is 13.6 Å². The molecule has 4 rings (SSSR count). The molecule has 7 nitrogen and oxygen atoms in total. The summed E-state index contributed by atoms with van der Waals surface area (Å²) < 4.78 is 28.2. The van der Waals surface area contributed by atoms with Crippen LogP contribution in [0.2, 0.25) is 0 Å². The Morgan fingerprint density at radius 1 is 1.00 bits per heavy atom. The summed E-state index contributed by atoms with van der Waals surface area (Å²) in [6.07, 6.45) is 4.77. The molecule has 0 saturated carbocycles. The molecule has 2 heterocycles. The lowest BCUT2D eigenvalue weighted by atomic mass is 10.1. The lowest BCUT2D eigenvalue weighted by Gasteiger charge is -2.07. The van der Waals surface area contributed by atoms with Gasteiger partial charge in [-0.1, -0.05) is 24.3 Å². The molecule has 2 aromatic carbocycles. The summed E-state index contributed by atoms with van der Waals surface area (Å²) in [5, 5.41) is 16.4. The molecule has 30 heavy (non-hydrogen) atoms. The van der Waals surface area contributed by atoms with Crippen molar-refractivity contribution in [2.45, 2.75) is 13.1 Å². The van der Waals surface area contributed by atoms with Gasteiger partial charge in [-0.15, -0.1) is 0 Å². The van der Waals surface area contributed by atoms with Crippen LogP contribution in [0.3, 0.4) is 0 Å². The molecular formula is C21H18F2N6O. The number of urea groups is 1. The Labute approximate surface area is 170 Å². The Hall–Kier alpha value is -4.01. The van der Waals surface area contributed by atoms with Gasteiger partial charge >= 0.3 is 6.03 Å². The van der Waals surface area contributed by atoms with Crippen LogP contribution in [0, 0.1) is 11.6 Å². The monoisotopic (exact) mass is 408 g/mol. The van der Waals surface area contributed by atoms with Gasteiger partial charge in [0.15, 0.2) is 5.82 Å². The zero-order valence-corrected chi connectivity index (χ0v) is 15.8. The predicted molar refractivity (Wildman–Crippen MR) is 107 cm³/mol. The highest BCUT2D eigenvalue weighted by Gasteiger charge is 2.09. The summed E-state index contributed by atoms with van der Waals surface area (Å²) in [6.45, 7) is 0.586. The van der Waals surface area contributed by atoms with Gasteiger partial charge in [-0.05, 0) is 29.3 Å². The standard InChI is InChI=1S/C21H18F2N6O/c22-17-5-6-20(18(23)9-17)29-13-15(12-27-29)11-25-21(30)24-10-14-1-3-16(4-2-14)19-7-8-26-28-19/h1-9,12-13H,10-11H2,(H,26,28)(H2,24,25,30). The van der Waals surface area contributed by atoms with Crippen LogP contribution in [-0.2, 0) is 13.1 Å². The molecular weight excluding hydrogens is 390 g/mol. The first kappa shape index (κ1) is 19.3. The van der Waals surface area contributed by atoms with Crippen LogP contribution in [0.1, 0.15) is 11.1 Å². The number of aromatic nitrogens is 4. The molecule has 0 aliphatic rings. The van der Waals surface area contributed by atoms with E-state index in [1.54, 1.807) is 12.4 Å². The van der Waals surface area contributed by atoms with Crippen molar-refractivity contribution >= 4 is 6.03 Å². The average Bonchev–Trinajstić information content (AvgIpc) is 3.43. The van der Waals surface area contributed by atoms with E-state index in [-0.39, 0.29) is 18.3 Å². The average molecular weight is 408 g/mol. The fourth-order valence-corrected chi connectivity index (χ4v) is 2.90. The van der Waals surface area contributed by atoms with Gasteiger partial charge in [0.25, 0.3) is 0 Å². The van der Waals surface area contributed by atoms with Crippen molar-refractivity contribution in [2.75, 3.05) is 0 Å². The molecule has 0 aliphatic heterocycles. The molecule has 0 spiro atoms.